The van der Waals surface area contributed by atoms with Crippen LogP contribution in [0.5, 0.6) is 0 Å². The summed E-state index contributed by atoms with van der Waals surface area (Å²) in [5, 5.41) is 10.9. The van der Waals surface area contributed by atoms with Crippen molar-refractivity contribution in [1.29, 1.82) is 0 Å². The Labute approximate surface area is 198 Å². The molecule has 2 aliphatic rings. The van der Waals surface area contributed by atoms with E-state index in [4.69, 9.17) is 14.2 Å². The molecule has 1 aromatic carbocycles. The lowest BCUT2D eigenvalue weighted by molar-refractivity contribution is -0.384. The zero-order chi connectivity index (χ0) is 25.0. The lowest BCUT2D eigenvalue weighted by Gasteiger charge is -2.49. The fraction of sp³-hybridized carbons (Fsp3) is 0.560. The van der Waals surface area contributed by atoms with Crippen molar-refractivity contribution >= 4 is 23.6 Å². The number of rotatable bonds is 7. The Bertz CT molecular complexity index is 975. The SMILES string of the molecule is CCOC(=O)C1(C(=O)OCC)CC(=C(C)C)[C@@H]2C[C@H]1CC[C@@H]2OC(=O)c1ccc([N+](=O)[O-])cc1. The summed E-state index contributed by atoms with van der Waals surface area (Å²) in [6.07, 6.45) is 1.23. The molecule has 184 valence electrons. The molecular formula is C25H31NO8. The quantitative estimate of drug-likeness (QED) is 0.143. The molecule has 0 heterocycles. The first kappa shape index (κ1) is 25.4. The van der Waals surface area contributed by atoms with Gasteiger partial charge in [-0.1, -0.05) is 11.1 Å². The molecule has 0 unspecified atom stereocenters. The number of benzene rings is 1. The fourth-order valence-electron chi connectivity index (χ4n) is 5.23. The van der Waals surface area contributed by atoms with Gasteiger partial charge in [-0.3, -0.25) is 19.7 Å². The van der Waals surface area contributed by atoms with Gasteiger partial charge in [-0.15, -0.1) is 0 Å². The molecule has 9 nitrogen and oxygen atoms in total. The van der Waals surface area contributed by atoms with E-state index in [-0.39, 0.29) is 42.7 Å². The molecule has 9 heteroatoms. The van der Waals surface area contributed by atoms with Gasteiger partial charge in [-0.25, -0.2) is 4.79 Å². The number of nitro groups is 1. The maximum Gasteiger partial charge on any atom is 0.338 e. The number of ether oxygens (including phenoxy) is 3. The number of nitro benzene ring substituents is 1. The van der Waals surface area contributed by atoms with Crippen molar-refractivity contribution in [3.63, 3.8) is 0 Å². The number of fused-ring (bicyclic) bond motifs is 2. The van der Waals surface area contributed by atoms with Gasteiger partial charge in [0.25, 0.3) is 5.69 Å². The predicted octanol–water partition coefficient (Wildman–Crippen LogP) is 4.39. The van der Waals surface area contributed by atoms with Crippen LogP contribution in [0.3, 0.4) is 0 Å². The molecular weight excluding hydrogens is 442 g/mol. The molecule has 0 amide bonds. The third-order valence-corrected chi connectivity index (χ3v) is 6.89. The van der Waals surface area contributed by atoms with Crippen molar-refractivity contribution < 1.29 is 33.5 Å². The highest BCUT2D eigenvalue weighted by molar-refractivity contribution is 6.01. The second kappa shape index (κ2) is 10.4. The first-order valence-electron chi connectivity index (χ1n) is 11.6. The van der Waals surface area contributed by atoms with Gasteiger partial charge >= 0.3 is 17.9 Å². The van der Waals surface area contributed by atoms with E-state index in [2.05, 4.69) is 0 Å². The van der Waals surface area contributed by atoms with Crippen LogP contribution in [0, 0.1) is 27.4 Å². The summed E-state index contributed by atoms with van der Waals surface area (Å²) in [7, 11) is 0. The van der Waals surface area contributed by atoms with Gasteiger partial charge < -0.3 is 14.2 Å². The number of nitrogens with zero attached hydrogens (tertiary/aromatic N) is 1. The van der Waals surface area contributed by atoms with Gasteiger partial charge in [-0.05, 0) is 71.4 Å². The average Bonchev–Trinajstić information content (AvgIpc) is 2.81. The molecule has 0 aromatic heterocycles. The van der Waals surface area contributed by atoms with Gasteiger partial charge in [0, 0.05) is 18.1 Å². The molecule has 2 aliphatic carbocycles. The summed E-state index contributed by atoms with van der Waals surface area (Å²) < 4.78 is 16.6. The van der Waals surface area contributed by atoms with Crippen LogP contribution >= 0.6 is 0 Å². The largest absolute Gasteiger partial charge is 0.465 e. The Morgan fingerprint density at radius 1 is 1.03 bits per heavy atom. The Morgan fingerprint density at radius 2 is 1.62 bits per heavy atom. The minimum absolute atomic E-state index is 0.106. The van der Waals surface area contributed by atoms with Crippen LogP contribution in [-0.2, 0) is 23.8 Å². The molecule has 3 rings (SSSR count). The van der Waals surface area contributed by atoms with Crippen LogP contribution in [0.15, 0.2) is 35.4 Å². The van der Waals surface area contributed by atoms with Crippen molar-refractivity contribution in [1.82, 2.24) is 0 Å². The van der Waals surface area contributed by atoms with Gasteiger partial charge in [0.1, 0.15) is 6.10 Å². The summed E-state index contributed by atoms with van der Waals surface area (Å²) in [6, 6.07) is 5.29. The van der Waals surface area contributed by atoms with Gasteiger partial charge in [-0.2, -0.15) is 0 Å². The lowest BCUT2D eigenvalue weighted by atomic mass is 9.55. The third-order valence-electron chi connectivity index (χ3n) is 6.89. The maximum absolute atomic E-state index is 13.1. The smallest absolute Gasteiger partial charge is 0.338 e. The number of non-ortho nitro benzene ring substituents is 1. The number of esters is 3. The molecule has 1 aromatic rings. The van der Waals surface area contributed by atoms with E-state index in [1.807, 2.05) is 13.8 Å². The Balaban J connectivity index is 1.88. The molecule has 0 radical (unpaired) electrons. The number of hydrogen-bond acceptors (Lipinski definition) is 8. The van der Waals surface area contributed by atoms with Crippen LogP contribution in [-0.4, -0.2) is 42.1 Å². The number of allylic oxidation sites excluding steroid dienone is 1. The Kier molecular flexibility index (Phi) is 7.74. The van der Waals surface area contributed by atoms with Crippen molar-refractivity contribution in [3.8, 4) is 0 Å². The minimum Gasteiger partial charge on any atom is -0.465 e. The topological polar surface area (TPSA) is 122 Å². The van der Waals surface area contributed by atoms with Crippen molar-refractivity contribution in [2.75, 3.05) is 13.2 Å². The van der Waals surface area contributed by atoms with Crippen molar-refractivity contribution in [2.45, 2.75) is 59.5 Å². The monoisotopic (exact) mass is 473 g/mol. The predicted molar refractivity (Wildman–Crippen MR) is 122 cm³/mol. The van der Waals surface area contributed by atoms with Crippen LogP contribution in [0.25, 0.3) is 0 Å². The summed E-state index contributed by atoms with van der Waals surface area (Å²) in [5.41, 5.74) is 0.584. The van der Waals surface area contributed by atoms with E-state index >= 15 is 0 Å². The molecule has 0 N–H and O–H groups in total. The molecule has 2 bridgehead atoms. The van der Waals surface area contributed by atoms with Gasteiger partial charge in [0.2, 0.25) is 0 Å². The van der Waals surface area contributed by atoms with Crippen LogP contribution in [0.4, 0.5) is 5.69 Å². The maximum atomic E-state index is 13.1. The normalized spacial score (nSPS) is 22.9. The molecule has 34 heavy (non-hydrogen) atoms. The average molecular weight is 474 g/mol. The second-order valence-corrected chi connectivity index (χ2v) is 8.98. The highest BCUT2D eigenvalue weighted by Gasteiger charge is 2.61. The minimum atomic E-state index is -1.40. The molecule has 2 saturated carbocycles. The first-order chi connectivity index (χ1) is 16.1. The first-order valence-corrected chi connectivity index (χ1v) is 11.6. The summed E-state index contributed by atoms with van der Waals surface area (Å²) in [6.45, 7) is 7.57. The highest BCUT2D eigenvalue weighted by Crippen LogP contribution is 2.55. The molecule has 2 fully saturated rings. The van der Waals surface area contributed by atoms with E-state index in [0.717, 1.165) is 11.1 Å². The zero-order valence-corrected chi connectivity index (χ0v) is 20.0. The Morgan fingerprint density at radius 3 is 2.12 bits per heavy atom. The number of carbonyl (C=O) groups is 3. The van der Waals surface area contributed by atoms with Crippen LogP contribution < -0.4 is 0 Å². The van der Waals surface area contributed by atoms with Gasteiger partial charge in [0.15, 0.2) is 5.41 Å². The standard InChI is InChI=1S/C25H31NO8/c1-5-32-23(28)25(24(29)33-6-2)14-20(15(3)4)19-13-17(25)9-12-21(19)34-22(27)16-7-10-18(11-8-16)26(30)31/h7-8,10-11,17,19,21H,5-6,9,12-14H2,1-4H3/t17-,19+,21+/m1/s1. The number of carbonyl (C=O) groups excluding carboxylic acids is 3. The summed E-state index contributed by atoms with van der Waals surface area (Å²) in [4.78, 5) is 49.4. The zero-order valence-electron chi connectivity index (χ0n) is 20.0. The number of hydrogen-bond donors (Lipinski definition) is 0. The van der Waals surface area contributed by atoms with E-state index in [9.17, 15) is 24.5 Å². The van der Waals surface area contributed by atoms with E-state index in [1.165, 1.54) is 24.3 Å². The molecule has 0 spiro atoms. The molecule has 0 saturated heterocycles. The second-order valence-electron chi connectivity index (χ2n) is 8.98. The lowest BCUT2D eigenvalue weighted by Crippen LogP contribution is -2.55. The summed E-state index contributed by atoms with van der Waals surface area (Å²) >= 11 is 0. The fourth-order valence-corrected chi connectivity index (χ4v) is 5.23. The van der Waals surface area contributed by atoms with Gasteiger partial charge in [0.05, 0.1) is 23.7 Å². The third kappa shape index (κ3) is 4.69. The van der Waals surface area contributed by atoms with E-state index in [0.29, 0.717) is 19.3 Å². The van der Waals surface area contributed by atoms with Crippen LogP contribution in [0.2, 0.25) is 0 Å². The molecule has 3 atom stereocenters. The van der Waals surface area contributed by atoms with E-state index < -0.39 is 34.4 Å². The van der Waals surface area contributed by atoms with Crippen LogP contribution in [0.1, 0.15) is 63.7 Å². The Hall–Kier alpha value is -3.23. The van der Waals surface area contributed by atoms with Crippen molar-refractivity contribution in [3.05, 3.63) is 51.1 Å². The van der Waals surface area contributed by atoms with E-state index in [1.54, 1.807) is 13.8 Å². The summed E-state index contributed by atoms with van der Waals surface area (Å²) in [5.74, 6) is -2.09. The van der Waals surface area contributed by atoms with Crippen molar-refractivity contribution in [2.24, 2.45) is 17.3 Å². The molecule has 0 aliphatic heterocycles. The highest BCUT2D eigenvalue weighted by atomic mass is 16.6.